The second-order valence-corrected chi connectivity index (χ2v) is 6.15. The van der Waals surface area contributed by atoms with Crippen LogP contribution < -0.4 is 0 Å². The molecule has 0 saturated carbocycles. The van der Waals surface area contributed by atoms with Crippen molar-refractivity contribution in [3.05, 3.63) is 35.8 Å². The fourth-order valence-corrected chi connectivity index (χ4v) is 3.21. The van der Waals surface area contributed by atoms with Crippen molar-refractivity contribution in [3.8, 4) is 0 Å². The topological polar surface area (TPSA) is 8.17 Å². The highest BCUT2D eigenvalue weighted by Gasteiger charge is 2.16. The van der Waals surface area contributed by atoms with E-state index in [-0.39, 0.29) is 5.82 Å². The van der Waals surface area contributed by atoms with Gasteiger partial charge in [-0.2, -0.15) is 0 Å². The first kappa shape index (κ1) is 13.6. The quantitative estimate of drug-likeness (QED) is 0.808. The largest absolute Gasteiger partial charge is 0.345 e. The molecule has 0 N–H and O–H groups in total. The number of rotatable bonds is 3. The second-order valence-electron chi connectivity index (χ2n) is 6.15. The van der Waals surface area contributed by atoms with E-state index in [0.717, 1.165) is 17.4 Å². The molecule has 1 aliphatic heterocycles. The van der Waals surface area contributed by atoms with Crippen LogP contribution in [0.3, 0.4) is 0 Å². The van der Waals surface area contributed by atoms with Crippen LogP contribution in [0.25, 0.3) is 10.9 Å². The monoisotopic (exact) mass is 274 g/mol. The van der Waals surface area contributed by atoms with Crippen LogP contribution in [0.1, 0.15) is 44.7 Å². The lowest BCUT2D eigenvalue weighted by molar-refractivity contribution is 0.221. The standard InChI is InChI=1S/C17H23FN2/c1-13(2)20-12-14(11-19-8-4-3-5-9-19)16-10-15(18)6-7-17(16)20/h6-7,10,12-13H,3-5,8-9,11H2,1-2H3. The zero-order chi connectivity index (χ0) is 14.1. The summed E-state index contributed by atoms with van der Waals surface area (Å²) in [5.41, 5.74) is 2.41. The Morgan fingerprint density at radius 2 is 1.90 bits per heavy atom. The van der Waals surface area contributed by atoms with Crippen molar-refractivity contribution in [2.75, 3.05) is 13.1 Å². The van der Waals surface area contributed by atoms with Gasteiger partial charge in [0.25, 0.3) is 0 Å². The zero-order valence-electron chi connectivity index (χ0n) is 12.4. The summed E-state index contributed by atoms with van der Waals surface area (Å²) in [6, 6.07) is 5.56. The van der Waals surface area contributed by atoms with Gasteiger partial charge in [-0.3, -0.25) is 4.90 Å². The smallest absolute Gasteiger partial charge is 0.123 e. The van der Waals surface area contributed by atoms with E-state index in [1.165, 1.54) is 37.9 Å². The first-order valence-corrected chi connectivity index (χ1v) is 7.66. The van der Waals surface area contributed by atoms with Gasteiger partial charge in [0.05, 0.1) is 0 Å². The Kier molecular flexibility index (Phi) is 3.79. The highest BCUT2D eigenvalue weighted by atomic mass is 19.1. The molecular weight excluding hydrogens is 251 g/mol. The summed E-state index contributed by atoms with van der Waals surface area (Å²) in [5.74, 6) is -0.140. The van der Waals surface area contributed by atoms with Crippen LogP contribution >= 0.6 is 0 Å². The predicted octanol–water partition coefficient (Wildman–Crippen LogP) is 4.35. The number of hydrogen-bond donors (Lipinski definition) is 0. The Morgan fingerprint density at radius 3 is 2.60 bits per heavy atom. The molecule has 0 spiro atoms. The van der Waals surface area contributed by atoms with Crippen LogP contribution in [-0.4, -0.2) is 22.6 Å². The Balaban J connectivity index is 1.98. The van der Waals surface area contributed by atoms with Crippen molar-refractivity contribution < 1.29 is 4.39 Å². The third kappa shape index (κ3) is 2.59. The van der Waals surface area contributed by atoms with Gasteiger partial charge in [-0.05, 0) is 63.5 Å². The molecule has 1 fully saturated rings. The molecule has 2 nitrogen and oxygen atoms in total. The van der Waals surface area contributed by atoms with Crippen LogP contribution in [0, 0.1) is 5.82 Å². The van der Waals surface area contributed by atoms with Gasteiger partial charge in [-0.1, -0.05) is 6.42 Å². The van der Waals surface area contributed by atoms with Gasteiger partial charge in [0.2, 0.25) is 0 Å². The van der Waals surface area contributed by atoms with E-state index in [9.17, 15) is 4.39 Å². The van der Waals surface area contributed by atoms with E-state index in [1.807, 2.05) is 6.07 Å². The number of likely N-dealkylation sites (tertiary alicyclic amines) is 1. The molecule has 0 atom stereocenters. The minimum atomic E-state index is -0.140. The molecule has 2 aromatic rings. The molecule has 1 aromatic heterocycles. The molecule has 0 aliphatic carbocycles. The fourth-order valence-electron chi connectivity index (χ4n) is 3.21. The molecule has 2 heterocycles. The molecule has 0 amide bonds. The van der Waals surface area contributed by atoms with E-state index >= 15 is 0 Å². The molecule has 108 valence electrons. The lowest BCUT2D eigenvalue weighted by Gasteiger charge is -2.26. The maximum atomic E-state index is 13.6. The lowest BCUT2D eigenvalue weighted by atomic mass is 10.1. The van der Waals surface area contributed by atoms with Gasteiger partial charge in [-0.25, -0.2) is 4.39 Å². The van der Waals surface area contributed by atoms with E-state index in [4.69, 9.17) is 0 Å². The Hall–Kier alpha value is -1.35. The summed E-state index contributed by atoms with van der Waals surface area (Å²) in [4.78, 5) is 2.49. The van der Waals surface area contributed by atoms with Crippen LogP contribution in [-0.2, 0) is 6.54 Å². The second kappa shape index (κ2) is 5.57. The van der Waals surface area contributed by atoms with Crippen LogP contribution in [0.5, 0.6) is 0 Å². The van der Waals surface area contributed by atoms with Crippen molar-refractivity contribution in [1.29, 1.82) is 0 Å². The van der Waals surface area contributed by atoms with Crippen molar-refractivity contribution >= 4 is 10.9 Å². The maximum absolute atomic E-state index is 13.6. The molecule has 1 saturated heterocycles. The average molecular weight is 274 g/mol. The third-order valence-corrected chi connectivity index (χ3v) is 4.28. The highest BCUT2D eigenvalue weighted by Crippen LogP contribution is 2.27. The molecule has 0 radical (unpaired) electrons. The summed E-state index contributed by atoms with van der Waals surface area (Å²) in [6.07, 6.45) is 6.14. The van der Waals surface area contributed by atoms with Gasteiger partial charge in [0.15, 0.2) is 0 Å². The van der Waals surface area contributed by atoms with E-state index in [0.29, 0.717) is 6.04 Å². The molecule has 1 aliphatic rings. The number of benzene rings is 1. The van der Waals surface area contributed by atoms with Crippen molar-refractivity contribution in [2.24, 2.45) is 0 Å². The first-order chi connectivity index (χ1) is 9.65. The molecular formula is C17H23FN2. The number of aromatic nitrogens is 1. The third-order valence-electron chi connectivity index (χ3n) is 4.28. The Labute approximate surface area is 120 Å². The summed E-state index contributed by atoms with van der Waals surface area (Å²) in [5, 5.41) is 1.07. The Morgan fingerprint density at radius 1 is 1.15 bits per heavy atom. The molecule has 0 unspecified atom stereocenters. The maximum Gasteiger partial charge on any atom is 0.123 e. The molecule has 1 aromatic carbocycles. The number of piperidine rings is 1. The summed E-state index contributed by atoms with van der Waals surface area (Å²) < 4.78 is 15.8. The number of nitrogens with zero attached hydrogens (tertiary/aromatic N) is 2. The summed E-state index contributed by atoms with van der Waals surface area (Å²) in [6.45, 7) is 7.63. The van der Waals surface area contributed by atoms with Gasteiger partial charge >= 0.3 is 0 Å². The lowest BCUT2D eigenvalue weighted by Crippen LogP contribution is -2.29. The molecule has 20 heavy (non-hydrogen) atoms. The molecule has 0 bridgehead atoms. The van der Waals surface area contributed by atoms with Crippen LogP contribution in [0.4, 0.5) is 4.39 Å². The SMILES string of the molecule is CC(C)n1cc(CN2CCCCC2)c2cc(F)ccc21. The van der Waals surface area contributed by atoms with E-state index < -0.39 is 0 Å². The van der Waals surface area contributed by atoms with Crippen LogP contribution in [0.2, 0.25) is 0 Å². The number of fused-ring (bicyclic) bond motifs is 1. The minimum Gasteiger partial charge on any atom is -0.345 e. The van der Waals surface area contributed by atoms with Gasteiger partial charge in [0.1, 0.15) is 5.82 Å². The molecule has 3 heteroatoms. The molecule has 3 rings (SSSR count). The highest BCUT2D eigenvalue weighted by molar-refractivity contribution is 5.84. The van der Waals surface area contributed by atoms with Gasteiger partial charge < -0.3 is 4.57 Å². The number of hydrogen-bond acceptors (Lipinski definition) is 1. The Bertz CT molecular complexity index is 594. The van der Waals surface area contributed by atoms with E-state index in [2.05, 4.69) is 29.5 Å². The van der Waals surface area contributed by atoms with Gasteiger partial charge in [-0.15, -0.1) is 0 Å². The average Bonchev–Trinajstić information content (AvgIpc) is 2.78. The number of halogens is 1. The summed E-state index contributed by atoms with van der Waals surface area (Å²) >= 11 is 0. The van der Waals surface area contributed by atoms with Crippen molar-refractivity contribution in [3.63, 3.8) is 0 Å². The zero-order valence-corrected chi connectivity index (χ0v) is 12.4. The first-order valence-electron chi connectivity index (χ1n) is 7.66. The normalized spacial score (nSPS) is 17.2. The van der Waals surface area contributed by atoms with Crippen molar-refractivity contribution in [1.82, 2.24) is 9.47 Å². The fraction of sp³-hybridized carbons (Fsp3) is 0.529. The summed E-state index contributed by atoms with van der Waals surface area (Å²) in [7, 11) is 0. The van der Waals surface area contributed by atoms with Crippen LogP contribution in [0.15, 0.2) is 24.4 Å². The van der Waals surface area contributed by atoms with Crippen molar-refractivity contribution in [2.45, 2.75) is 45.7 Å². The van der Waals surface area contributed by atoms with Gasteiger partial charge in [0, 0.05) is 29.7 Å². The minimum absolute atomic E-state index is 0.140. The predicted molar refractivity (Wildman–Crippen MR) is 81.4 cm³/mol. The van der Waals surface area contributed by atoms with E-state index in [1.54, 1.807) is 12.1 Å².